The van der Waals surface area contributed by atoms with Gasteiger partial charge in [-0.25, -0.2) is 9.97 Å². The second kappa shape index (κ2) is 13.0. The van der Waals surface area contributed by atoms with Gasteiger partial charge < -0.3 is 20.6 Å². The molecule has 2 aromatic rings. The molecule has 3 N–H and O–H groups in total. The highest BCUT2D eigenvalue weighted by molar-refractivity contribution is 6.12. The van der Waals surface area contributed by atoms with Crippen molar-refractivity contribution in [3.63, 3.8) is 0 Å². The number of aromatic nitrogens is 2. The highest BCUT2D eigenvalue weighted by Crippen LogP contribution is 2.28. The molecule has 1 aromatic heterocycles. The van der Waals surface area contributed by atoms with Gasteiger partial charge in [0.25, 0.3) is 0 Å². The maximum Gasteiger partial charge on any atom is 0.161 e. The van der Waals surface area contributed by atoms with Crippen molar-refractivity contribution in [3.05, 3.63) is 78.7 Å². The molecule has 36 heavy (non-hydrogen) atoms. The van der Waals surface area contributed by atoms with Gasteiger partial charge in [0, 0.05) is 75.5 Å². The zero-order chi connectivity index (χ0) is 26.1. The number of rotatable bonds is 10. The number of nitrogens with one attached hydrogen (secondary N) is 2. The molecule has 2 atom stereocenters. The molecular formula is C29H38N6O. The van der Waals surface area contributed by atoms with Crippen molar-refractivity contribution in [3.8, 4) is 11.4 Å². The largest absolute Gasteiger partial charge is 0.391 e. The van der Waals surface area contributed by atoms with Crippen LogP contribution in [0.5, 0.6) is 0 Å². The van der Waals surface area contributed by atoms with E-state index in [0.29, 0.717) is 24.7 Å². The van der Waals surface area contributed by atoms with E-state index in [1.54, 1.807) is 13.3 Å². The Morgan fingerprint density at radius 3 is 2.81 bits per heavy atom. The minimum absolute atomic E-state index is 0.139. The lowest BCUT2D eigenvalue weighted by atomic mass is 9.95. The Balaban J connectivity index is 2.04. The van der Waals surface area contributed by atoms with Crippen molar-refractivity contribution in [1.29, 1.82) is 0 Å². The van der Waals surface area contributed by atoms with Crippen LogP contribution in [-0.2, 0) is 0 Å². The molecule has 190 valence electrons. The number of nitrogens with zero attached hydrogens (tertiary/aromatic N) is 4. The molecule has 1 aliphatic rings. The fourth-order valence-electron chi connectivity index (χ4n) is 4.18. The number of hydrogen-bond acceptors (Lipinski definition) is 7. The minimum atomic E-state index is -0.392. The zero-order valence-electron chi connectivity index (χ0n) is 21.8. The van der Waals surface area contributed by atoms with Crippen molar-refractivity contribution in [2.24, 2.45) is 10.9 Å². The maximum absolute atomic E-state index is 10.4. The van der Waals surface area contributed by atoms with Gasteiger partial charge in [0.05, 0.1) is 6.10 Å². The van der Waals surface area contributed by atoms with Crippen LogP contribution in [0.4, 0.5) is 5.82 Å². The van der Waals surface area contributed by atoms with Crippen molar-refractivity contribution in [2.75, 3.05) is 46.1 Å². The smallest absolute Gasteiger partial charge is 0.161 e. The van der Waals surface area contributed by atoms with Crippen LogP contribution < -0.4 is 10.6 Å². The standard InChI is InChI=1S/C29H38N6O/c1-7-21(19-35(5)6)22-9-8-10-23(14-22)28-33-17-26(25(15-30-4)13-20(2)3)29(34-28)32-16-24-11-12-31-18-27(24)36/h7-10,13-15,17,19,24,27,31,36H,1-2,11-12,16,18H2,3-6H3,(H,32,33,34)/b21-19+,25-13+,30-15-/t24-,27-/m1/s1. The summed E-state index contributed by atoms with van der Waals surface area (Å²) in [5.41, 5.74) is 5.59. The lowest BCUT2D eigenvalue weighted by Crippen LogP contribution is -2.43. The highest BCUT2D eigenvalue weighted by Gasteiger charge is 2.23. The first-order chi connectivity index (χ1) is 17.3. The minimum Gasteiger partial charge on any atom is -0.391 e. The second-order valence-corrected chi connectivity index (χ2v) is 9.32. The van der Waals surface area contributed by atoms with Crippen LogP contribution in [0.3, 0.4) is 0 Å². The van der Waals surface area contributed by atoms with Gasteiger partial charge in [0.15, 0.2) is 5.82 Å². The van der Waals surface area contributed by atoms with E-state index in [9.17, 15) is 5.11 Å². The molecule has 0 radical (unpaired) electrons. The van der Waals surface area contributed by atoms with E-state index in [1.807, 2.05) is 62.6 Å². The van der Waals surface area contributed by atoms with Crippen LogP contribution in [0.1, 0.15) is 24.5 Å². The molecule has 3 rings (SSSR count). The van der Waals surface area contributed by atoms with E-state index in [-0.39, 0.29) is 5.92 Å². The topological polar surface area (TPSA) is 85.7 Å². The van der Waals surface area contributed by atoms with Gasteiger partial charge in [0.2, 0.25) is 0 Å². The Hall–Kier alpha value is -3.55. The number of aliphatic hydroxyl groups excluding tert-OH is 1. The number of hydrogen-bond donors (Lipinski definition) is 3. The van der Waals surface area contributed by atoms with Gasteiger partial charge in [0.1, 0.15) is 5.82 Å². The summed E-state index contributed by atoms with van der Waals surface area (Å²) in [5, 5.41) is 17.2. The van der Waals surface area contributed by atoms with Gasteiger partial charge in [-0.15, -0.1) is 0 Å². The summed E-state index contributed by atoms with van der Waals surface area (Å²) in [6.07, 6.45) is 9.98. The van der Waals surface area contributed by atoms with Gasteiger partial charge in [-0.1, -0.05) is 49.1 Å². The fourth-order valence-corrected chi connectivity index (χ4v) is 4.18. The molecule has 1 aliphatic heterocycles. The summed E-state index contributed by atoms with van der Waals surface area (Å²) >= 11 is 0. The number of piperidine rings is 1. The average Bonchev–Trinajstić information content (AvgIpc) is 2.86. The summed E-state index contributed by atoms with van der Waals surface area (Å²) in [5.74, 6) is 1.46. The summed E-state index contributed by atoms with van der Waals surface area (Å²) < 4.78 is 0. The average molecular weight is 487 g/mol. The lowest BCUT2D eigenvalue weighted by Gasteiger charge is -2.29. The van der Waals surface area contributed by atoms with Crippen LogP contribution in [0, 0.1) is 5.92 Å². The second-order valence-electron chi connectivity index (χ2n) is 9.32. The number of aliphatic imine (C=N–C) groups is 1. The van der Waals surface area contributed by atoms with E-state index in [2.05, 4.69) is 40.9 Å². The van der Waals surface area contributed by atoms with Crippen LogP contribution in [-0.4, -0.2) is 73.1 Å². The summed E-state index contributed by atoms with van der Waals surface area (Å²) in [6, 6.07) is 8.14. The monoisotopic (exact) mass is 486 g/mol. The summed E-state index contributed by atoms with van der Waals surface area (Å²) in [7, 11) is 5.72. The van der Waals surface area contributed by atoms with Gasteiger partial charge >= 0.3 is 0 Å². The number of allylic oxidation sites excluding steroid dienone is 5. The number of β-amino-alcohol motifs (C(OH)–C–C–N with tert-alkyl or cyclic N) is 1. The number of anilines is 1. The molecule has 0 saturated carbocycles. The molecule has 2 heterocycles. The number of benzene rings is 1. The molecule has 0 aliphatic carbocycles. The molecule has 1 saturated heterocycles. The zero-order valence-corrected chi connectivity index (χ0v) is 21.8. The third-order valence-corrected chi connectivity index (χ3v) is 5.96. The van der Waals surface area contributed by atoms with Crippen molar-refractivity contribution >= 4 is 23.2 Å². The molecule has 1 aromatic carbocycles. The molecule has 0 unspecified atom stereocenters. The predicted octanol–water partition coefficient (Wildman–Crippen LogP) is 4.27. The third kappa shape index (κ3) is 7.23. The molecule has 0 amide bonds. The Labute approximate surface area is 215 Å². The summed E-state index contributed by atoms with van der Waals surface area (Å²) in [6.45, 7) is 12.1. The van der Waals surface area contributed by atoms with E-state index in [4.69, 9.17) is 9.97 Å². The van der Waals surface area contributed by atoms with E-state index >= 15 is 0 Å². The van der Waals surface area contributed by atoms with Crippen molar-refractivity contribution in [1.82, 2.24) is 20.2 Å². The van der Waals surface area contributed by atoms with Crippen molar-refractivity contribution < 1.29 is 5.11 Å². The molecule has 7 nitrogen and oxygen atoms in total. The van der Waals surface area contributed by atoms with Crippen LogP contribution in [0.2, 0.25) is 0 Å². The van der Waals surface area contributed by atoms with E-state index in [0.717, 1.165) is 46.4 Å². The molecule has 0 spiro atoms. The highest BCUT2D eigenvalue weighted by atomic mass is 16.3. The predicted molar refractivity (Wildman–Crippen MR) is 152 cm³/mol. The normalized spacial score (nSPS) is 18.8. The van der Waals surface area contributed by atoms with Gasteiger partial charge in [-0.3, -0.25) is 4.99 Å². The molecule has 0 bridgehead atoms. The van der Waals surface area contributed by atoms with Crippen LogP contribution >= 0.6 is 0 Å². The first kappa shape index (κ1) is 27.0. The fraction of sp³-hybridized carbons (Fsp3) is 0.345. The maximum atomic E-state index is 10.4. The third-order valence-electron chi connectivity index (χ3n) is 5.96. The Bertz CT molecular complexity index is 1160. The van der Waals surface area contributed by atoms with E-state index < -0.39 is 6.10 Å². The van der Waals surface area contributed by atoms with E-state index in [1.165, 1.54) is 0 Å². The lowest BCUT2D eigenvalue weighted by molar-refractivity contribution is 0.0883. The van der Waals surface area contributed by atoms with Crippen molar-refractivity contribution in [2.45, 2.75) is 19.4 Å². The van der Waals surface area contributed by atoms with Gasteiger partial charge in [-0.2, -0.15) is 0 Å². The Morgan fingerprint density at radius 1 is 1.33 bits per heavy atom. The molecule has 1 fully saturated rings. The van der Waals surface area contributed by atoms with Gasteiger partial charge in [-0.05, 0) is 37.1 Å². The summed E-state index contributed by atoms with van der Waals surface area (Å²) in [4.78, 5) is 15.9. The quantitative estimate of drug-likeness (QED) is 0.343. The van der Waals surface area contributed by atoms with Crippen LogP contribution in [0.25, 0.3) is 22.5 Å². The first-order valence-electron chi connectivity index (χ1n) is 12.2. The first-order valence-corrected chi connectivity index (χ1v) is 12.2. The Morgan fingerprint density at radius 2 is 2.14 bits per heavy atom. The SMILES string of the molecule is C=C/C(=C\N(C)C)c1cccc(-c2ncc(C(/C=N\C)=C/C(=C)C)c(NC[C@H]3CCNC[C@H]3O)n2)c1. The molecule has 7 heteroatoms. The van der Waals surface area contributed by atoms with Crippen LogP contribution in [0.15, 0.2) is 72.5 Å². The molecular weight excluding hydrogens is 448 g/mol. The Kier molecular flexibility index (Phi) is 9.73. The number of aliphatic hydroxyl groups is 1.